The zero-order chi connectivity index (χ0) is 20.6. The van der Waals surface area contributed by atoms with Crippen LogP contribution in [0.4, 0.5) is 10.1 Å². The SMILES string of the molecule is Cc1ccc(N2C(=O)C(O)=C(C(=O)CC(C)C)C2c2ccccc2F)cc1C. The van der Waals surface area contributed by atoms with Crippen LogP contribution in [0.25, 0.3) is 0 Å². The Bertz CT molecular complexity index is 978. The van der Waals surface area contributed by atoms with Gasteiger partial charge in [-0.05, 0) is 49.1 Å². The molecule has 4 nitrogen and oxygen atoms in total. The number of carbonyl (C=O) groups excluding carboxylic acids is 2. The molecule has 2 aromatic carbocycles. The molecule has 0 saturated heterocycles. The fourth-order valence-electron chi connectivity index (χ4n) is 3.50. The summed E-state index contributed by atoms with van der Waals surface area (Å²) in [6.07, 6.45) is 0.165. The molecule has 1 unspecified atom stereocenters. The fourth-order valence-corrected chi connectivity index (χ4v) is 3.50. The summed E-state index contributed by atoms with van der Waals surface area (Å²) in [5, 5.41) is 10.6. The van der Waals surface area contributed by atoms with E-state index < -0.39 is 23.5 Å². The second-order valence-electron chi connectivity index (χ2n) is 7.65. The summed E-state index contributed by atoms with van der Waals surface area (Å²) in [7, 11) is 0. The molecule has 0 spiro atoms. The normalized spacial score (nSPS) is 17.0. The van der Waals surface area contributed by atoms with E-state index in [2.05, 4.69) is 0 Å². The van der Waals surface area contributed by atoms with Crippen LogP contribution in [-0.4, -0.2) is 16.8 Å². The number of aliphatic hydroxyl groups is 1. The Balaban J connectivity index is 2.19. The molecular formula is C23H24FNO3. The molecule has 1 atom stereocenters. The summed E-state index contributed by atoms with van der Waals surface area (Å²) in [5.74, 6) is -2.13. The van der Waals surface area contributed by atoms with Crippen LogP contribution >= 0.6 is 0 Å². The molecule has 1 heterocycles. The van der Waals surface area contributed by atoms with Crippen molar-refractivity contribution in [2.24, 2.45) is 5.92 Å². The third kappa shape index (κ3) is 3.44. The molecular weight excluding hydrogens is 357 g/mol. The Morgan fingerprint density at radius 2 is 1.82 bits per heavy atom. The predicted molar refractivity (Wildman–Crippen MR) is 107 cm³/mol. The van der Waals surface area contributed by atoms with Crippen LogP contribution < -0.4 is 4.90 Å². The van der Waals surface area contributed by atoms with Crippen molar-refractivity contribution in [1.29, 1.82) is 0 Å². The van der Waals surface area contributed by atoms with E-state index >= 15 is 0 Å². The summed E-state index contributed by atoms with van der Waals surface area (Å²) in [4.78, 5) is 27.1. The molecule has 0 bridgehead atoms. The minimum absolute atomic E-state index is 0.0398. The molecule has 0 aliphatic carbocycles. The van der Waals surface area contributed by atoms with Gasteiger partial charge in [-0.2, -0.15) is 0 Å². The van der Waals surface area contributed by atoms with Crippen LogP contribution in [0.1, 0.15) is 43.0 Å². The number of benzene rings is 2. The molecule has 0 aromatic heterocycles. The van der Waals surface area contributed by atoms with Gasteiger partial charge in [0.2, 0.25) is 0 Å². The number of Topliss-reactive ketones (excluding diaryl/α,β-unsaturated/α-hetero) is 1. The monoisotopic (exact) mass is 381 g/mol. The second-order valence-corrected chi connectivity index (χ2v) is 7.65. The van der Waals surface area contributed by atoms with E-state index in [0.717, 1.165) is 11.1 Å². The number of aryl methyl sites for hydroxylation is 2. The maximum absolute atomic E-state index is 14.7. The molecule has 1 N–H and O–H groups in total. The summed E-state index contributed by atoms with van der Waals surface area (Å²) >= 11 is 0. The number of carbonyl (C=O) groups is 2. The van der Waals surface area contributed by atoms with Crippen molar-refractivity contribution in [1.82, 2.24) is 0 Å². The van der Waals surface area contributed by atoms with Crippen molar-refractivity contribution in [3.05, 3.63) is 76.3 Å². The first-order chi connectivity index (χ1) is 13.2. The molecule has 1 aliphatic rings. The van der Waals surface area contributed by atoms with Gasteiger partial charge >= 0.3 is 0 Å². The van der Waals surface area contributed by atoms with Crippen LogP contribution in [0.3, 0.4) is 0 Å². The molecule has 0 fully saturated rings. The summed E-state index contributed by atoms with van der Waals surface area (Å²) in [6.45, 7) is 7.62. The van der Waals surface area contributed by atoms with E-state index in [1.54, 1.807) is 24.3 Å². The first-order valence-corrected chi connectivity index (χ1v) is 9.34. The van der Waals surface area contributed by atoms with E-state index in [-0.39, 0.29) is 29.3 Å². The number of halogens is 1. The largest absolute Gasteiger partial charge is 0.503 e. The Morgan fingerprint density at radius 1 is 1.14 bits per heavy atom. The number of anilines is 1. The minimum atomic E-state index is -0.998. The number of ketones is 1. The van der Waals surface area contributed by atoms with Gasteiger partial charge in [-0.3, -0.25) is 14.5 Å². The number of amides is 1. The first kappa shape index (κ1) is 19.8. The van der Waals surface area contributed by atoms with Gasteiger partial charge < -0.3 is 5.11 Å². The van der Waals surface area contributed by atoms with E-state index in [1.165, 1.54) is 11.0 Å². The molecule has 1 aliphatic heterocycles. The highest BCUT2D eigenvalue weighted by atomic mass is 19.1. The molecule has 146 valence electrons. The Morgan fingerprint density at radius 3 is 2.43 bits per heavy atom. The molecule has 3 rings (SSSR count). The van der Waals surface area contributed by atoms with Gasteiger partial charge in [-0.15, -0.1) is 0 Å². The van der Waals surface area contributed by atoms with Gasteiger partial charge in [-0.1, -0.05) is 38.1 Å². The van der Waals surface area contributed by atoms with Crippen molar-refractivity contribution in [3.8, 4) is 0 Å². The highest BCUT2D eigenvalue weighted by Crippen LogP contribution is 2.42. The molecule has 5 heteroatoms. The highest BCUT2D eigenvalue weighted by molar-refractivity contribution is 6.16. The lowest BCUT2D eigenvalue weighted by Gasteiger charge is -2.28. The number of rotatable bonds is 5. The second kappa shape index (κ2) is 7.58. The van der Waals surface area contributed by atoms with Crippen molar-refractivity contribution >= 4 is 17.4 Å². The van der Waals surface area contributed by atoms with Gasteiger partial charge in [0.05, 0.1) is 11.6 Å². The van der Waals surface area contributed by atoms with E-state index in [1.807, 2.05) is 39.8 Å². The standard InChI is InChI=1S/C23H24FNO3/c1-13(2)11-19(26)20-21(17-7-5-6-8-18(17)24)25(23(28)22(20)27)16-10-9-14(3)15(4)12-16/h5-10,12-13,21,27H,11H2,1-4H3. The van der Waals surface area contributed by atoms with Crippen molar-refractivity contribution in [3.63, 3.8) is 0 Å². The number of aliphatic hydroxyl groups excluding tert-OH is 1. The van der Waals surface area contributed by atoms with Crippen LogP contribution in [-0.2, 0) is 9.59 Å². The van der Waals surface area contributed by atoms with E-state index in [0.29, 0.717) is 5.69 Å². The van der Waals surface area contributed by atoms with Crippen LogP contribution in [0.2, 0.25) is 0 Å². The quantitative estimate of drug-likeness (QED) is 0.797. The first-order valence-electron chi connectivity index (χ1n) is 9.34. The van der Waals surface area contributed by atoms with Gasteiger partial charge in [0.25, 0.3) is 5.91 Å². The van der Waals surface area contributed by atoms with Crippen LogP contribution in [0.15, 0.2) is 53.8 Å². The van der Waals surface area contributed by atoms with Crippen LogP contribution in [0, 0.1) is 25.6 Å². The zero-order valence-electron chi connectivity index (χ0n) is 16.5. The van der Waals surface area contributed by atoms with E-state index in [4.69, 9.17) is 0 Å². The molecule has 1 amide bonds. The van der Waals surface area contributed by atoms with Crippen molar-refractivity contribution in [2.75, 3.05) is 4.90 Å². The number of nitrogens with zero attached hydrogens (tertiary/aromatic N) is 1. The average Bonchev–Trinajstić information content (AvgIpc) is 2.89. The maximum atomic E-state index is 14.7. The van der Waals surface area contributed by atoms with Crippen molar-refractivity contribution in [2.45, 2.75) is 40.2 Å². The summed E-state index contributed by atoms with van der Waals surface area (Å²) < 4.78 is 14.7. The minimum Gasteiger partial charge on any atom is -0.503 e. The smallest absolute Gasteiger partial charge is 0.294 e. The fraction of sp³-hybridized carbons (Fsp3) is 0.304. The van der Waals surface area contributed by atoms with Gasteiger partial charge in [0.1, 0.15) is 5.82 Å². The molecule has 0 radical (unpaired) electrons. The van der Waals surface area contributed by atoms with Crippen LogP contribution in [0.5, 0.6) is 0 Å². The number of hydrogen-bond donors (Lipinski definition) is 1. The third-order valence-corrected chi connectivity index (χ3v) is 5.07. The average molecular weight is 381 g/mol. The van der Waals surface area contributed by atoms with Gasteiger partial charge in [0, 0.05) is 17.7 Å². The number of hydrogen-bond acceptors (Lipinski definition) is 3. The third-order valence-electron chi connectivity index (χ3n) is 5.07. The molecule has 28 heavy (non-hydrogen) atoms. The molecule has 2 aromatic rings. The maximum Gasteiger partial charge on any atom is 0.294 e. The van der Waals surface area contributed by atoms with E-state index in [9.17, 15) is 19.1 Å². The molecule has 0 saturated carbocycles. The Hall–Kier alpha value is -2.95. The van der Waals surface area contributed by atoms with Gasteiger partial charge in [-0.25, -0.2) is 4.39 Å². The van der Waals surface area contributed by atoms with Gasteiger partial charge in [0.15, 0.2) is 11.5 Å². The Kier molecular flexibility index (Phi) is 5.36. The summed E-state index contributed by atoms with van der Waals surface area (Å²) in [5.41, 5.74) is 2.66. The lowest BCUT2D eigenvalue weighted by Crippen LogP contribution is -2.31. The topological polar surface area (TPSA) is 57.6 Å². The Labute approximate surface area is 164 Å². The highest BCUT2D eigenvalue weighted by Gasteiger charge is 2.45. The lowest BCUT2D eigenvalue weighted by atomic mass is 9.91. The predicted octanol–water partition coefficient (Wildman–Crippen LogP) is 4.96. The summed E-state index contributed by atoms with van der Waals surface area (Å²) in [6, 6.07) is 10.5. The zero-order valence-corrected chi connectivity index (χ0v) is 16.5. The van der Waals surface area contributed by atoms with Crippen molar-refractivity contribution < 1.29 is 19.1 Å². The lowest BCUT2D eigenvalue weighted by molar-refractivity contribution is -0.118.